The molecule has 0 aliphatic heterocycles. The van der Waals surface area contributed by atoms with Crippen molar-refractivity contribution in [1.82, 2.24) is 0 Å². The van der Waals surface area contributed by atoms with Crippen molar-refractivity contribution in [3.63, 3.8) is 0 Å². The molecule has 0 aliphatic carbocycles. The first-order valence-electron chi connectivity index (χ1n) is 11.6. The predicted molar refractivity (Wildman–Crippen MR) is 140 cm³/mol. The first kappa shape index (κ1) is 29.2. The lowest BCUT2D eigenvalue weighted by Gasteiger charge is -2.27. The third kappa shape index (κ3) is 6.41. The highest BCUT2D eigenvalue weighted by Crippen LogP contribution is 2.57. The van der Waals surface area contributed by atoms with Crippen LogP contribution in [0.5, 0.6) is 28.7 Å². The number of hydrogen-bond acceptors (Lipinski definition) is 8. The molecule has 0 saturated carbocycles. The summed E-state index contributed by atoms with van der Waals surface area (Å²) in [5.41, 5.74) is -1.73. The first-order valence-corrected chi connectivity index (χ1v) is 13.4. The monoisotopic (exact) mass is 520 g/mol. The summed E-state index contributed by atoms with van der Waals surface area (Å²) in [6, 6.07) is 7.55. The lowest BCUT2D eigenvalue weighted by molar-refractivity contribution is 0.103. The van der Waals surface area contributed by atoms with Gasteiger partial charge in [-0.05, 0) is 29.9 Å². The zero-order chi connectivity index (χ0) is 27.3. The van der Waals surface area contributed by atoms with Gasteiger partial charge in [0, 0.05) is 24.4 Å². The second-order valence-electron chi connectivity index (χ2n) is 9.88. The van der Waals surface area contributed by atoms with E-state index in [-0.39, 0.29) is 45.9 Å². The maximum Gasteiger partial charge on any atom is 0.236 e. The van der Waals surface area contributed by atoms with E-state index in [1.807, 2.05) is 6.92 Å². The minimum atomic E-state index is -4.25. The van der Waals surface area contributed by atoms with Gasteiger partial charge in [0.05, 0.1) is 41.1 Å². The summed E-state index contributed by atoms with van der Waals surface area (Å²) in [7, 11) is 2.86. The van der Waals surface area contributed by atoms with E-state index in [0.717, 1.165) is 0 Å². The van der Waals surface area contributed by atoms with Gasteiger partial charge in [-0.2, -0.15) is 0 Å². The first-order chi connectivity index (χ1) is 16.8. The van der Waals surface area contributed by atoms with Gasteiger partial charge in [0.1, 0.15) is 34.3 Å². The molecule has 2 aromatic carbocycles. The van der Waals surface area contributed by atoms with Gasteiger partial charge in [-0.15, -0.1) is 0 Å². The summed E-state index contributed by atoms with van der Waals surface area (Å²) in [5.74, 6) is 1.04. The molecular formula is C27H37O8P. The zero-order valence-electron chi connectivity index (χ0n) is 22.6. The Morgan fingerprint density at radius 1 is 0.778 bits per heavy atom. The molecule has 2 rings (SSSR count). The van der Waals surface area contributed by atoms with Crippen molar-refractivity contribution in [2.24, 2.45) is 11.3 Å². The van der Waals surface area contributed by atoms with Crippen molar-refractivity contribution >= 4 is 18.2 Å². The number of methoxy groups -OCH3 is 5. The van der Waals surface area contributed by atoms with Crippen LogP contribution in [0, 0.1) is 11.3 Å². The zero-order valence-corrected chi connectivity index (χ0v) is 23.5. The van der Waals surface area contributed by atoms with Crippen molar-refractivity contribution in [2.45, 2.75) is 34.1 Å². The number of carbonyl (C=O) groups is 2. The molecule has 0 aromatic heterocycles. The van der Waals surface area contributed by atoms with E-state index in [4.69, 9.17) is 23.7 Å². The largest absolute Gasteiger partial charge is 0.497 e. The lowest BCUT2D eigenvalue weighted by atomic mass is 9.86. The van der Waals surface area contributed by atoms with E-state index in [2.05, 4.69) is 20.8 Å². The Kier molecular flexibility index (Phi) is 9.61. The quantitative estimate of drug-likeness (QED) is 0.308. The summed E-state index contributed by atoms with van der Waals surface area (Å²) in [4.78, 5) is 28.1. The number of benzene rings is 2. The Balaban J connectivity index is 2.75. The van der Waals surface area contributed by atoms with Crippen LogP contribution < -0.4 is 23.7 Å². The normalized spacial score (nSPS) is 13.8. The summed E-state index contributed by atoms with van der Waals surface area (Å²) >= 11 is 0. The Labute approximate surface area is 213 Å². The molecule has 36 heavy (non-hydrogen) atoms. The van der Waals surface area contributed by atoms with Gasteiger partial charge in [0.15, 0.2) is 0 Å². The molecule has 198 valence electrons. The standard InChI is InChI=1S/C27H37O8P/c1-17(15-27(2,3)4)16-36(30,25(28)20-11-10-18(31-5)12-21(20)33-7)26(29)24-22(34-8)13-19(32-6)14-23(24)35-9/h10-14,17H,15-16H2,1-9H3. The fourth-order valence-electron chi connectivity index (χ4n) is 4.37. The SMILES string of the molecule is COc1ccc(C(=O)P(=O)(CC(C)CC(C)(C)C)C(=O)c2c(OC)cc(OC)cc2OC)c(OC)c1. The van der Waals surface area contributed by atoms with Crippen molar-refractivity contribution in [1.29, 1.82) is 0 Å². The van der Waals surface area contributed by atoms with E-state index in [1.54, 1.807) is 6.07 Å². The van der Waals surface area contributed by atoms with E-state index in [9.17, 15) is 14.2 Å². The second kappa shape index (κ2) is 11.8. The topological polar surface area (TPSA) is 97.4 Å². The van der Waals surface area contributed by atoms with Crippen LogP contribution in [-0.2, 0) is 4.57 Å². The number of hydrogen-bond donors (Lipinski definition) is 0. The summed E-state index contributed by atoms with van der Waals surface area (Å²) in [6.07, 6.45) is 0.545. The molecule has 8 nitrogen and oxygen atoms in total. The van der Waals surface area contributed by atoms with Gasteiger partial charge >= 0.3 is 0 Å². The van der Waals surface area contributed by atoms with Crippen LogP contribution in [0.3, 0.4) is 0 Å². The van der Waals surface area contributed by atoms with E-state index < -0.39 is 18.2 Å². The molecule has 0 spiro atoms. The Hall–Kier alpha value is -2.99. The van der Waals surface area contributed by atoms with Crippen molar-refractivity contribution in [2.75, 3.05) is 41.7 Å². The highest BCUT2D eigenvalue weighted by molar-refractivity contribution is 7.95. The van der Waals surface area contributed by atoms with Crippen LogP contribution in [0.4, 0.5) is 0 Å². The van der Waals surface area contributed by atoms with Gasteiger partial charge in [-0.1, -0.05) is 27.7 Å². The van der Waals surface area contributed by atoms with Crippen LogP contribution in [0.25, 0.3) is 0 Å². The average Bonchev–Trinajstić information content (AvgIpc) is 2.84. The highest BCUT2D eigenvalue weighted by atomic mass is 31.2. The van der Waals surface area contributed by atoms with Gasteiger partial charge in [-0.25, -0.2) is 0 Å². The predicted octanol–water partition coefficient (Wildman–Crippen LogP) is 6.15. The third-order valence-corrected chi connectivity index (χ3v) is 8.67. The third-order valence-electron chi connectivity index (χ3n) is 5.75. The van der Waals surface area contributed by atoms with Crippen molar-refractivity contribution < 1.29 is 37.8 Å². The molecule has 0 bridgehead atoms. The number of carbonyl (C=O) groups excluding carboxylic acids is 2. The molecule has 0 N–H and O–H groups in total. The van der Waals surface area contributed by atoms with E-state index in [0.29, 0.717) is 17.9 Å². The van der Waals surface area contributed by atoms with Crippen LogP contribution in [0.1, 0.15) is 54.8 Å². The molecule has 9 heteroatoms. The molecule has 0 radical (unpaired) electrons. The van der Waals surface area contributed by atoms with Gasteiger partial charge in [-0.3, -0.25) is 9.59 Å². The summed E-state index contributed by atoms with van der Waals surface area (Å²) in [6.45, 7) is 8.06. The Morgan fingerprint density at radius 2 is 1.28 bits per heavy atom. The maximum absolute atomic E-state index is 14.7. The molecular weight excluding hydrogens is 483 g/mol. The summed E-state index contributed by atoms with van der Waals surface area (Å²) < 4.78 is 41.5. The van der Waals surface area contributed by atoms with Gasteiger partial charge < -0.3 is 28.2 Å². The lowest BCUT2D eigenvalue weighted by Crippen LogP contribution is -2.21. The minimum Gasteiger partial charge on any atom is -0.497 e. The highest BCUT2D eigenvalue weighted by Gasteiger charge is 2.45. The smallest absolute Gasteiger partial charge is 0.236 e. The maximum atomic E-state index is 14.7. The van der Waals surface area contributed by atoms with E-state index >= 15 is 0 Å². The van der Waals surface area contributed by atoms with Crippen LogP contribution in [0.2, 0.25) is 0 Å². The fourth-order valence-corrected chi connectivity index (χ4v) is 7.05. The average molecular weight is 521 g/mol. The second-order valence-corrected chi connectivity index (χ2v) is 12.5. The van der Waals surface area contributed by atoms with Crippen LogP contribution in [-0.4, -0.2) is 52.8 Å². The molecule has 0 saturated heterocycles. The van der Waals surface area contributed by atoms with Crippen LogP contribution in [0.15, 0.2) is 30.3 Å². The van der Waals surface area contributed by atoms with Crippen LogP contribution >= 0.6 is 7.14 Å². The molecule has 0 amide bonds. The molecule has 2 atom stereocenters. The van der Waals surface area contributed by atoms with Gasteiger partial charge in [0.25, 0.3) is 0 Å². The molecule has 2 unspecified atom stereocenters. The Morgan fingerprint density at radius 3 is 1.72 bits per heavy atom. The number of ether oxygens (including phenoxy) is 5. The fraction of sp³-hybridized carbons (Fsp3) is 0.481. The molecule has 0 fully saturated rings. The molecule has 0 aliphatic rings. The van der Waals surface area contributed by atoms with E-state index in [1.165, 1.54) is 59.8 Å². The molecule has 0 heterocycles. The molecule has 2 aromatic rings. The minimum absolute atomic E-state index is 0.0457. The number of rotatable bonds is 12. The Bertz CT molecular complexity index is 1120. The van der Waals surface area contributed by atoms with Crippen molar-refractivity contribution in [3.05, 3.63) is 41.5 Å². The van der Waals surface area contributed by atoms with Gasteiger partial charge in [0.2, 0.25) is 18.2 Å². The summed E-state index contributed by atoms with van der Waals surface area (Å²) in [5, 5.41) is 0. The van der Waals surface area contributed by atoms with Crippen molar-refractivity contribution in [3.8, 4) is 28.7 Å².